The van der Waals surface area contributed by atoms with Gasteiger partial charge in [-0.2, -0.15) is 0 Å². The van der Waals surface area contributed by atoms with Crippen molar-refractivity contribution in [3.8, 4) is 0 Å². The lowest BCUT2D eigenvalue weighted by molar-refractivity contribution is -0.139. The highest BCUT2D eigenvalue weighted by molar-refractivity contribution is 7.92. The Morgan fingerprint density at radius 1 is 0.842 bits per heavy atom. The van der Waals surface area contributed by atoms with Gasteiger partial charge in [0.1, 0.15) is 12.6 Å². The van der Waals surface area contributed by atoms with E-state index < -0.39 is 28.5 Å². The highest BCUT2D eigenvalue weighted by Gasteiger charge is 2.32. The van der Waals surface area contributed by atoms with E-state index in [9.17, 15) is 18.0 Å². The van der Waals surface area contributed by atoms with Gasteiger partial charge in [-0.25, -0.2) is 8.42 Å². The largest absolute Gasteiger partial charge is 0.352 e. The zero-order valence-electron chi connectivity index (χ0n) is 22.7. The van der Waals surface area contributed by atoms with E-state index in [0.717, 1.165) is 27.4 Å². The smallest absolute Gasteiger partial charge is 0.264 e. The van der Waals surface area contributed by atoms with Crippen LogP contribution in [-0.4, -0.2) is 43.8 Å². The Morgan fingerprint density at radius 3 is 1.95 bits per heavy atom. The number of hydrogen-bond acceptors (Lipinski definition) is 4. The van der Waals surface area contributed by atoms with E-state index in [0.29, 0.717) is 5.69 Å². The first kappa shape index (κ1) is 28.9. The average molecular weight is 536 g/mol. The molecule has 38 heavy (non-hydrogen) atoms. The molecule has 0 saturated heterocycles. The Kier molecular flexibility index (Phi) is 9.69. The minimum atomic E-state index is -4.07. The molecule has 202 valence electrons. The summed E-state index contributed by atoms with van der Waals surface area (Å²) in [7, 11) is -4.07. The molecule has 0 fully saturated rings. The van der Waals surface area contributed by atoms with Crippen molar-refractivity contribution < 1.29 is 18.0 Å². The molecular weight excluding hydrogens is 498 g/mol. The standard InChI is InChI=1S/C30H37N3O4S/c1-6-24(4)31-30(35)25(5)32(20-26-10-8-7-9-11-26)29(34)21-33(27-16-12-22(2)13-17-27)38(36,37)28-18-14-23(3)15-19-28/h7-19,24-25H,6,20-21H2,1-5H3,(H,31,35)/t24-,25+/m0/s1. The second-order valence-electron chi connectivity index (χ2n) is 9.66. The Bertz CT molecular complexity index is 1320. The molecule has 3 rings (SSSR count). The van der Waals surface area contributed by atoms with E-state index in [1.807, 2.05) is 58.0 Å². The Labute approximate surface area is 226 Å². The maximum Gasteiger partial charge on any atom is 0.264 e. The molecule has 7 nitrogen and oxygen atoms in total. The van der Waals surface area contributed by atoms with Crippen molar-refractivity contribution >= 4 is 27.5 Å². The normalized spacial score (nSPS) is 12.9. The summed E-state index contributed by atoms with van der Waals surface area (Å²) in [4.78, 5) is 28.5. The fourth-order valence-corrected chi connectivity index (χ4v) is 5.32. The van der Waals surface area contributed by atoms with E-state index >= 15 is 0 Å². The molecule has 0 radical (unpaired) electrons. The number of anilines is 1. The van der Waals surface area contributed by atoms with Crippen molar-refractivity contribution in [3.05, 3.63) is 95.6 Å². The number of nitrogens with one attached hydrogen (secondary N) is 1. The van der Waals surface area contributed by atoms with Crippen molar-refractivity contribution in [1.82, 2.24) is 10.2 Å². The van der Waals surface area contributed by atoms with Gasteiger partial charge in [-0.3, -0.25) is 13.9 Å². The minimum Gasteiger partial charge on any atom is -0.352 e. The van der Waals surface area contributed by atoms with E-state index in [4.69, 9.17) is 0 Å². The first-order valence-electron chi connectivity index (χ1n) is 12.8. The number of aryl methyl sites for hydroxylation is 2. The zero-order valence-corrected chi connectivity index (χ0v) is 23.5. The molecule has 0 spiro atoms. The van der Waals surface area contributed by atoms with Gasteiger partial charge in [0.05, 0.1) is 10.6 Å². The molecule has 0 saturated carbocycles. The number of amides is 2. The number of nitrogens with zero attached hydrogens (tertiary/aromatic N) is 2. The highest BCUT2D eigenvalue weighted by atomic mass is 32.2. The van der Waals surface area contributed by atoms with Gasteiger partial charge >= 0.3 is 0 Å². The van der Waals surface area contributed by atoms with Crippen LogP contribution in [0.3, 0.4) is 0 Å². The number of carbonyl (C=O) groups is 2. The summed E-state index contributed by atoms with van der Waals surface area (Å²) < 4.78 is 28.7. The molecule has 8 heteroatoms. The van der Waals surface area contributed by atoms with Crippen LogP contribution >= 0.6 is 0 Å². The number of benzene rings is 3. The molecule has 3 aromatic carbocycles. The predicted molar refractivity (Wildman–Crippen MR) is 151 cm³/mol. The average Bonchev–Trinajstić information content (AvgIpc) is 2.91. The van der Waals surface area contributed by atoms with Crippen LogP contribution in [-0.2, 0) is 26.2 Å². The first-order chi connectivity index (χ1) is 18.0. The lowest BCUT2D eigenvalue weighted by Gasteiger charge is -2.32. The molecule has 0 bridgehead atoms. The van der Waals surface area contributed by atoms with Gasteiger partial charge in [0.2, 0.25) is 11.8 Å². The number of rotatable bonds is 11. The van der Waals surface area contributed by atoms with Crippen LogP contribution in [0.15, 0.2) is 83.8 Å². The van der Waals surface area contributed by atoms with Gasteiger partial charge in [-0.05, 0) is 63.9 Å². The lowest BCUT2D eigenvalue weighted by Crippen LogP contribution is -2.52. The fraction of sp³-hybridized carbons (Fsp3) is 0.333. The molecule has 0 aliphatic rings. The van der Waals surface area contributed by atoms with Gasteiger partial charge in [-0.1, -0.05) is 72.6 Å². The van der Waals surface area contributed by atoms with E-state index in [-0.39, 0.29) is 23.4 Å². The Hall–Kier alpha value is -3.65. The molecule has 2 amide bonds. The van der Waals surface area contributed by atoms with Crippen LogP contribution < -0.4 is 9.62 Å². The summed E-state index contributed by atoms with van der Waals surface area (Å²) in [6.45, 7) is 9.05. The van der Waals surface area contributed by atoms with Crippen molar-refractivity contribution in [3.63, 3.8) is 0 Å². The third-order valence-electron chi connectivity index (χ3n) is 6.57. The van der Waals surface area contributed by atoms with Crippen molar-refractivity contribution in [2.24, 2.45) is 0 Å². The van der Waals surface area contributed by atoms with Crippen molar-refractivity contribution in [2.45, 2.75) is 64.6 Å². The molecule has 0 aliphatic heterocycles. The summed E-state index contributed by atoms with van der Waals surface area (Å²) in [5.74, 6) is -0.760. The predicted octanol–water partition coefficient (Wildman–Crippen LogP) is 4.83. The van der Waals surface area contributed by atoms with Crippen LogP contribution in [0.25, 0.3) is 0 Å². The summed E-state index contributed by atoms with van der Waals surface area (Å²) in [5, 5.41) is 2.94. The summed E-state index contributed by atoms with van der Waals surface area (Å²) in [6, 6.07) is 22.0. The molecular formula is C30H37N3O4S. The first-order valence-corrected chi connectivity index (χ1v) is 14.3. The van der Waals surface area contributed by atoms with Crippen LogP contribution in [0.1, 0.15) is 43.9 Å². The second kappa shape index (κ2) is 12.7. The summed E-state index contributed by atoms with van der Waals surface area (Å²) in [5.41, 5.74) is 3.11. The number of hydrogen-bond donors (Lipinski definition) is 1. The van der Waals surface area contributed by atoms with Crippen molar-refractivity contribution in [1.29, 1.82) is 0 Å². The van der Waals surface area contributed by atoms with Crippen LogP contribution in [0.4, 0.5) is 5.69 Å². The maximum atomic E-state index is 13.9. The van der Waals surface area contributed by atoms with Crippen molar-refractivity contribution in [2.75, 3.05) is 10.8 Å². The molecule has 0 unspecified atom stereocenters. The second-order valence-corrected chi connectivity index (χ2v) is 11.5. The zero-order chi connectivity index (χ0) is 27.9. The van der Waals surface area contributed by atoms with E-state index in [2.05, 4.69) is 5.32 Å². The van der Waals surface area contributed by atoms with Crippen LogP contribution in [0.5, 0.6) is 0 Å². The fourth-order valence-electron chi connectivity index (χ4n) is 3.91. The van der Waals surface area contributed by atoms with E-state index in [1.54, 1.807) is 55.5 Å². The molecule has 2 atom stereocenters. The van der Waals surface area contributed by atoms with Gasteiger partial charge < -0.3 is 10.2 Å². The van der Waals surface area contributed by atoms with Crippen LogP contribution in [0, 0.1) is 13.8 Å². The van der Waals surface area contributed by atoms with Gasteiger partial charge in [-0.15, -0.1) is 0 Å². The van der Waals surface area contributed by atoms with E-state index in [1.165, 1.54) is 4.90 Å². The number of sulfonamides is 1. The topological polar surface area (TPSA) is 86.8 Å². The minimum absolute atomic E-state index is 0.0513. The Morgan fingerprint density at radius 2 is 1.39 bits per heavy atom. The quantitative estimate of drug-likeness (QED) is 0.381. The number of carbonyl (C=O) groups excluding carboxylic acids is 2. The summed E-state index contributed by atoms with van der Waals surface area (Å²) in [6.07, 6.45) is 0.751. The molecule has 3 aromatic rings. The molecule has 0 aliphatic carbocycles. The third kappa shape index (κ3) is 7.22. The molecule has 0 aromatic heterocycles. The van der Waals surface area contributed by atoms with Gasteiger partial charge in [0.15, 0.2) is 0 Å². The third-order valence-corrected chi connectivity index (χ3v) is 8.36. The Balaban J connectivity index is 2.00. The molecule has 0 heterocycles. The van der Waals surface area contributed by atoms with Crippen LogP contribution in [0.2, 0.25) is 0 Å². The molecule has 1 N–H and O–H groups in total. The van der Waals surface area contributed by atoms with Gasteiger partial charge in [0, 0.05) is 12.6 Å². The SMILES string of the molecule is CC[C@H](C)NC(=O)[C@@H](C)N(Cc1ccccc1)C(=O)CN(c1ccc(C)cc1)S(=O)(=O)c1ccc(C)cc1. The van der Waals surface area contributed by atoms with Gasteiger partial charge in [0.25, 0.3) is 10.0 Å². The lowest BCUT2D eigenvalue weighted by atomic mass is 10.1. The monoisotopic (exact) mass is 535 g/mol. The maximum absolute atomic E-state index is 13.9. The summed E-state index contributed by atoms with van der Waals surface area (Å²) >= 11 is 0. The highest BCUT2D eigenvalue weighted by Crippen LogP contribution is 2.25.